The first-order chi connectivity index (χ1) is 11.9. The lowest BCUT2D eigenvalue weighted by molar-refractivity contribution is -0.445. The van der Waals surface area contributed by atoms with Crippen LogP contribution in [0.1, 0.15) is 11.1 Å². The fourth-order valence-electron chi connectivity index (χ4n) is 1.96. The van der Waals surface area contributed by atoms with E-state index in [0.717, 1.165) is 49.2 Å². The second-order valence-electron chi connectivity index (χ2n) is 4.74. The van der Waals surface area contributed by atoms with E-state index in [-0.39, 0.29) is 0 Å². The van der Waals surface area contributed by atoms with E-state index < -0.39 is 14.5 Å². The SMILES string of the molecule is F[B-](F)(F)F.F[B-](F)(F)F.c1ccc(C2=[NH+]CCO2)c(C2=[NH+]CCO2)c1. The van der Waals surface area contributed by atoms with E-state index >= 15 is 0 Å². The smallest absolute Gasteiger partial charge is 0.438 e. The van der Waals surface area contributed by atoms with Crippen LogP contribution >= 0.6 is 0 Å². The zero-order valence-electron chi connectivity index (χ0n) is 13.1. The Morgan fingerprint density at radius 3 is 1.19 bits per heavy atom. The van der Waals surface area contributed by atoms with Crippen molar-refractivity contribution in [1.29, 1.82) is 0 Å². The minimum absolute atomic E-state index is 0.729. The molecule has 0 unspecified atom stereocenters. The molecule has 0 atom stereocenters. The lowest BCUT2D eigenvalue weighted by Gasteiger charge is -2.02. The lowest BCUT2D eigenvalue weighted by Crippen LogP contribution is -2.71. The van der Waals surface area contributed by atoms with Crippen molar-refractivity contribution in [3.8, 4) is 0 Å². The molecule has 0 radical (unpaired) electrons. The minimum atomic E-state index is -6.00. The maximum atomic E-state index is 9.75. The Morgan fingerprint density at radius 1 is 0.654 bits per heavy atom. The maximum absolute atomic E-state index is 9.75. The van der Waals surface area contributed by atoms with Crippen LogP contribution in [0.2, 0.25) is 0 Å². The van der Waals surface area contributed by atoms with E-state index in [2.05, 4.69) is 9.98 Å². The first kappa shape index (κ1) is 21.8. The average molecular weight is 392 g/mol. The molecule has 0 spiro atoms. The van der Waals surface area contributed by atoms with E-state index in [4.69, 9.17) is 9.47 Å². The predicted molar refractivity (Wildman–Crippen MR) is 78.6 cm³/mol. The van der Waals surface area contributed by atoms with E-state index in [1.807, 2.05) is 24.3 Å². The summed E-state index contributed by atoms with van der Waals surface area (Å²) in [7, 11) is -12.0. The molecule has 0 saturated heterocycles. The summed E-state index contributed by atoms with van der Waals surface area (Å²) in [4.78, 5) is 6.47. The van der Waals surface area contributed by atoms with Gasteiger partial charge in [0.25, 0.3) is 0 Å². The van der Waals surface area contributed by atoms with Gasteiger partial charge in [-0.3, -0.25) is 0 Å². The van der Waals surface area contributed by atoms with Gasteiger partial charge in [-0.1, -0.05) is 12.1 Å². The van der Waals surface area contributed by atoms with Crippen molar-refractivity contribution in [2.24, 2.45) is 0 Å². The van der Waals surface area contributed by atoms with Crippen LogP contribution in [-0.4, -0.2) is 52.6 Å². The van der Waals surface area contributed by atoms with E-state index in [1.165, 1.54) is 0 Å². The first-order valence-electron chi connectivity index (χ1n) is 7.27. The van der Waals surface area contributed by atoms with Crippen molar-refractivity contribution >= 4 is 26.3 Å². The van der Waals surface area contributed by atoms with Crippen molar-refractivity contribution < 1.29 is 54.0 Å². The van der Waals surface area contributed by atoms with Gasteiger partial charge in [-0.05, 0) is 12.1 Å². The van der Waals surface area contributed by atoms with Gasteiger partial charge in [-0.2, -0.15) is 0 Å². The summed E-state index contributed by atoms with van der Waals surface area (Å²) in [6.45, 7) is 3.20. The molecule has 14 heteroatoms. The predicted octanol–water partition coefficient (Wildman–Crippen LogP) is 0.00140. The van der Waals surface area contributed by atoms with Crippen molar-refractivity contribution in [2.75, 3.05) is 26.3 Å². The molecule has 0 fully saturated rings. The van der Waals surface area contributed by atoms with Crippen LogP contribution in [0, 0.1) is 0 Å². The molecule has 1 aromatic rings. The highest BCUT2D eigenvalue weighted by atomic mass is 19.5. The molecule has 0 bridgehead atoms. The summed E-state index contributed by atoms with van der Waals surface area (Å²) in [6, 6.07) is 8.09. The molecule has 2 heterocycles. The van der Waals surface area contributed by atoms with Crippen LogP contribution in [0.3, 0.4) is 0 Å². The fraction of sp³-hybridized carbons (Fsp3) is 0.333. The molecular weight excluding hydrogens is 378 g/mol. The second-order valence-corrected chi connectivity index (χ2v) is 4.74. The highest BCUT2D eigenvalue weighted by Crippen LogP contribution is 2.11. The second kappa shape index (κ2) is 9.43. The highest BCUT2D eigenvalue weighted by Gasteiger charge is 2.27. The minimum Gasteiger partial charge on any atom is -0.438 e. The Bertz CT molecular complexity index is 582. The molecule has 2 aliphatic rings. The molecule has 0 aromatic heterocycles. The van der Waals surface area contributed by atoms with Gasteiger partial charge >= 0.3 is 26.3 Å². The third-order valence-electron chi connectivity index (χ3n) is 2.68. The van der Waals surface area contributed by atoms with E-state index in [0.29, 0.717) is 0 Å². The maximum Gasteiger partial charge on any atom is 0.673 e. The summed E-state index contributed by atoms with van der Waals surface area (Å²) < 4.78 is 89.1. The van der Waals surface area contributed by atoms with Crippen LogP contribution in [0.15, 0.2) is 24.3 Å². The third kappa shape index (κ3) is 9.89. The summed E-state index contributed by atoms with van der Waals surface area (Å²) in [5, 5.41) is 0. The van der Waals surface area contributed by atoms with E-state index in [1.54, 1.807) is 0 Å². The molecule has 2 aliphatic heterocycles. The topological polar surface area (TPSA) is 46.4 Å². The van der Waals surface area contributed by atoms with Gasteiger partial charge in [-0.15, -0.1) is 0 Å². The number of hydrogen-bond acceptors (Lipinski definition) is 2. The van der Waals surface area contributed by atoms with Crippen LogP contribution in [-0.2, 0) is 9.47 Å². The van der Waals surface area contributed by atoms with Gasteiger partial charge in [-0.25, -0.2) is 9.98 Å². The van der Waals surface area contributed by atoms with Crippen LogP contribution in [0.4, 0.5) is 34.5 Å². The highest BCUT2D eigenvalue weighted by molar-refractivity contribution is 6.50. The Kier molecular flexibility index (Phi) is 7.90. The van der Waals surface area contributed by atoms with Crippen molar-refractivity contribution in [2.45, 2.75) is 0 Å². The molecule has 0 amide bonds. The number of ether oxygens (including phenoxy) is 2. The number of hydrogen-bond donors (Lipinski definition) is 2. The van der Waals surface area contributed by atoms with Crippen LogP contribution in [0.25, 0.3) is 0 Å². The third-order valence-corrected chi connectivity index (χ3v) is 2.68. The number of rotatable bonds is 2. The van der Waals surface area contributed by atoms with Gasteiger partial charge in [0.1, 0.15) is 11.1 Å². The van der Waals surface area contributed by atoms with Gasteiger partial charge in [0.05, 0.1) is 0 Å². The van der Waals surface area contributed by atoms with Gasteiger partial charge in [0.2, 0.25) is 0 Å². The van der Waals surface area contributed by atoms with Gasteiger partial charge in [0, 0.05) is 0 Å². The molecule has 0 aliphatic carbocycles. The average Bonchev–Trinajstić information content (AvgIpc) is 3.18. The Balaban J connectivity index is 0.000000284. The zero-order valence-corrected chi connectivity index (χ0v) is 13.1. The largest absolute Gasteiger partial charge is 0.673 e. The lowest BCUT2D eigenvalue weighted by atomic mass is 10.1. The molecule has 1 aromatic carbocycles. The van der Waals surface area contributed by atoms with Gasteiger partial charge < -0.3 is 44.0 Å². The molecule has 2 N–H and O–H groups in total. The summed E-state index contributed by atoms with van der Waals surface area (Å²) in [5.74, 6) is 1.70. The van der Waals surface area contributed by atoms with Crippen LogP contribution in [0.5, 0.6) is 0 Å². The molecule has 3 rings (SSSR count). The summed E-state index contributed by atoms with van der Waals surface area (Å²) in [5.41, 5.74) is 2.12. The Labute approximate surface area is 143 Å². The van der Waals surface area contributed by atoms with Crippen molar-refractivity contribution in [3.63, 3.8) is 0 Å². The zero-order chi connectivity index (χ0) is 19.8. The molecule has 26 heavy (non-hydrogen) atoms. The quantitative estimate of drug-likeness (QED) is 0.551. The number of benzene rings is 1. The molecular formula is C12H14B2F8N2O2. The Hall–Kier alpha value is -2.27. The van der Waals surface area contributed by atoms with Crippen LogP contribution < -0.4 is 9.98 Å². The first-order valence-corrected chi connectivity index (χ1v) is 7.27. The molecule has 0 saturated carbocycles. The summed E-state index contributed by atoms with van der Waals surface area (Å²) >= 11 is 0. The fourth-order valence-corrected chi connectivity index (χ4v) is 1.96. The molecule has 4 nitrogen and oxygen atoms in total. The number of halogens is 8. The van der Waals surface area contributed by atoms with Crippen molar-refractivity contribution in [3.05, 3.63) is 35.4 Å². The normalized spacial score (nSPS) is 16.2. The Morgan fingerprint density at radius 2 is 0.962 bits per heavy atom. The monoisotopic (exact) mass is 392 g/mol. The standard InChI is InChI=1S/C12H12N2O2.2BF4/c1-2-4-10(12-14-6-8-16-12)9(3-1)11-13-5-7-15-11;2*2-1(3,4)5/h1-4H,5-8H2;;/q;2*-1/p+2. The summed E-state index contributed by atoms with van der Waals surface area (Å²) in [6.07, 6.45) is 0. The number of nitrogens with one attached hydrogen (secondary N) is 2. The molecule has 146 valence electrons. The van der Waals surface area contributed by atoms with Crippen molar-refractivity contribution in [1.82, 2.24) is 0 Å². The van der Waals surface area contributed by atoms with Gasteiger partial charge in [0.15, 0.2) is 26.3 Å². The van der Waals surface area contributed by atoms with E-state index in [9.17, 15) is 34.5 Å².